The normalized spacial score (nSPS) is 19.4. The standard InChI is InChI=1S/C12H17BrN2O3S/c1-8(2)12(16)6-15(7-12)19(17,18)11-4-3-9(14)5-10(11)13/h3-5,8,16H,6-7,14H2,1-2H3. The number of sulfonamides is 1. The summed E-state index contributed by atoms with van der Waals surface area (Å²) in [4.78, 5) is 0.174. The number of benzene rings is 1. The van der Waals surface area contributed by atoms with Crippen LogP contribution in [0.1, 0.15) is 13.8 Å². The topological polar surface area (TPSA) is 83.6 Å². The van der Waals surface area contributed by atoms with E-state index in [4.69, 9.17) is 5.73 Å². The lowest BCUT2D eigenvalue weighted by Crippen LogP contribution is -2.65. The molecule has 0 atom stereocenters. The molecule has 0 saturated carbocycles. The predicted octanol–water partition coefficient (Wildman–Crippen LogP) is 1.42. The first-order valence-corrected chi connectivity index (χ1v) is 8.18. The fourth-order valence-electron chi connectivity index (χ4n) is 1.96. The number of rotatable bonds is 3. The molecular weight excluding hydrogens is 332 g/mol. The Labute approximate surface area is 121 Å². The summed E-state index contributed by atoms with van der Waals surface area (Å²) in [6, 6.07) is 4.58. The van der Waals surface area contributed by atoms with Crippen molar-refractivity contribution in [3.63, 3.8) is 0 Å². The molecule has 5 nitrogen and oxygen atoms in total. The Morgan fingerprint density at radius 1 is 1.42 bits per heavy atom. The third-order valence-electron chi connectivity index (χ3n) is 3.55. The molecule has 1 saturated heterocycles. The van der Waals surface area contributed by atoms with Gasteiger partial charge in [0.05, 0.1) is 10.5 Å². The van der Waals surface area contributed by atoms with Gasteiger partial charge in [-0.25, -0.2) is 8.42 Å². The van der Waals surface area contributed by atoms with Crippen LogP contribution in [0, 0.1) is 5.92 Å². The second-order valence-corrected chi connectivity index (χ2v) is 7.98. The molecule has 0 unspecified atom stereocenters. The number of halogens is 1. The molecule has 0 aliphatic carbocycles. The molecule has 1 aliphatic heterocycles. The van der Waals surface area contributed by atoms with Crippen LogP contribution < -0.4 is 5.73 Å². The van der Waals surface area contributed by atoms with Crippen molar-refractivity contribution in [3.05, 3.63) is 22.7 Å². The highest BCUT2D eigenvalue weighted by atomic mass is 79.9. The van der Waals surface area contributed by atoms with Gasteiger partial charge in [0, 0.05) is 23.2 Å². The van der Waals surface area contributed by atoms with Gasteiger partial charge in [0.1, 0.15) is 0 Å². The molecule has 1 aromatic carbocycles. The number of nitrogen functional groups attached to an aromatic ring is 1. The molecule has 3 N–H and O–H groups in total. The first-order valence-electron chi connectivity index (χ1n) is 5.94. The number of anilines is 1. The molecule has 1 fully saturated rings. The smallest absolute Gasteiger partial charge is 0.244 e. The van der Waals surface area contributed by atoms with Gasteiger partial charge in [-0.15, -0.1) is 0 Å². The Balaban J connectivity index is 2.26. The third-order valence-corrected chi connectivity index (χ3v) is 6.32. The van der Waals surface area contributed by atoms with Crippen molar-refractivity contribution in [2.24, 2.45) is 5.92 Å². The maximum Gasteiger partial charge on any atom is 0.244 e. The molecule has 1 aromatic rings. The lowest BCUT2D eigenvalue weighted by atomic mass is 9.85. The minimum absolute atomic E-state index is 0.0220. The quantitative estimate of drug-likeness (QED) is 0.809. The van der Waals surface area contributed by atoms with Gasteiger partial charge in [-0.05, 0) is 40.0 Å². The van der Waals surface area contributed by atoms with Crippen molar-refractivity contribution >= 4 is 31.6 Å². The van der Waals surface area contributed by atoms with E-state index in [0.29, 0.717) is 10.2 Å². The number of aliphatic hydroxyl groups is 1. The van der Waals surface area contributed by atoms with Crippen molar-refractivity contribution in [2.75, 3.05) is 18.8 Å². The van der Waals surface area contributed by atoms with E-state index in [2.05, 4.69) is 15.9 Å². The van der Waals surface area contributed by atoms with E-state index in [1.54, 1.807) is 12.1 Å². The summed E-state index contributed by atoms with van der Waals surface area (Å²) in [6.07, 6.45) is 0. The van der Waals surface area contributed by atoms with Crippen LogP contribution >= 0.6 is 15.9 Å². The summed E-state index contributed by atoms with van der Waals surface area (Å²) >= 11 is 3.21. The van der Waals surface area contributed by atoms with Gasteiger partial charge in [-0.3, -0.25) is 0 Å². The molecule has 0 aromatic heterocycles. The van der Waals surface area contributed by atoms with E-state index in [-0.39, 0.29) is 23.9 Å². The summed E-state index contributed by atoms with van der Waals surface area (Å²) in [7, 11) is -3.58. The van der Waals surface area contributed by atoms with E-state index in [1.165, 1.54) is 10.4 Å². The molecule has 2 rings (SSSR count). The summed E-state index contributed by atoms with van der Waals surface area (Å²) in [6.45, 7) is 4.01. The van der Waals surface area contributed by atoms with Gasteiger partial charge in [-0.2, -0.15) is 4.31 Å². The molecule has 0 bridgehead atoms. The van der Waals surface area contributed by atoms with Crippen LogP contribution in [-0.4, -0.2) is 36.5 Å². The maximum absolute atomic E-state index is 12.4. The lowest BCUT2D eigenvalue weighted by molar-refractivity contribution is -0.0932. The van der Waals surface area contributed by atoms with E-state index in [1.807, 2.05) is 13.8 Å². The lowest BCUT2D eigenvalue weighted by Gasteiger charge is -2.47. The number of nitrogens with zero attached hydrogens (tertiary/aromatic N) is 1. The highest BCUT2D eigenvalue weighted by Gasteiger charge is 2.49. The maximum atomic E-state index is 12.4. The van der Waals surface area contributed by atoms with E-state index in [0.717, 1.165) is 0 Å². The molecule has 1 heterocycles. The summed E-state index contributed by atoms with van der Waals surface area (Å²) < 4.78 is 26.5. The zero-order valence-corrected chi connectivity index (χ0v) is 13.2. The van der Waals surface area contributed by atoms with Crippen LogP contribution in [0.3, 0.4) is 0 Å². The van der Waals surface area contributed by atoms with Crippen LogP contribution in [-0.2, 0) is 10.0 Å². The minimum Gasteiger partial charge on any atom is -0.399 e. The molecule has 106 valence electrons. The van der Waals surface area contributed by atoms with Crippen molar-refractivity contribution in [3.8, 4) is 0 Å². The van der Waals surface area contributed by atoms with Gasteiger partial charge in [0.25, 0.3) is 0 Å². The van der Waals surface area contributed by atoms with Crippen molar-refractivity contribution in [1.29, 1.82) is 0 Å². The average Bonchev–Trinajstić information content (AvgIpc) is 2.23. The van der Waals surface area contributed by atoms with E-state index in [9.17, 15) is 13.5 Å². The summed E-state index contributed by atoms with van der Waals surface area (Å²) in [5.41, 5.74) is 5.17. The SMILES string of the molecule is CC(C)C1(O)CN(S(=O)(=O)c2ccc(N)cc2Br)C1. The van der Waals surface area contributed by atoms with Gasteiger partial charge >= 0.3 is 0 Å². The summed E-state index contributed by atoms with van der Waals surface area (Å²) in [5.74, 6) is 0.0220. The molecule has 0 radical (unpaired) electrons. The zero-order chi connectivity index (χ0) is 14.4. The third kappa shape index (κ3) is 2.52. The van der Waals surface area contributed by atoms with E-state index < -0.39 is 15.6 Å². The molecular formula is C12H17BrN2O3S. The van der Waals surface area contributed by atoms with Gasteiger partial charge in [0.2, 0.25) is 10.0 Å². The Bertz CT molecular complexity index is 595. The number of β-amino-alcohol motifs (C(OH)–C–C–N with tert-alkyl or cyclic N) is 1. The summed E-state index contributed by atoms with van der Waals surface area (Å²) in [5, 5.41) is 10.1. The Morgan fingerprint density at radius 2 is 2.00 bits per heavy atom. The van der Waals surface area contributed by atoms with Gasteiger partial charge in [0.15, 0.2) is 0 Å². The fourth-order valence-corrected chi connectivity index (χ4v) is 4.59. The molecule has 0 amide bonds. The van der Waals surface area contributed by atoms with Crippen LogP contribution in [0.25, 0.3) is 0 Å². The number of nitrogens with two attached hydrogens (primary N) is 1. The molecule has 19 heavy (non-hydrogen) atoms. The second kappa shape index (κ2) is 4.73. The van der Waals surface area contributed by atoms with Crippen LogP contribution in [0.5, 0.6) is 0 Å². The fraction of sp³-hybridized carbons (Fsp3) is 0.500. The Hall–Kier alpha value is -0.630. The Morgan fingerprint density at radius 3 is 2.47 bits per heavy atom. The molecule has 0 spiro atoms. The Kier molecular flexibility index (Phi) is 3.68. The van der Waals surface area contributed by atoms with Gasteiger partial charge < -0.3 is 10.8 Å². The number of hydrogen-bond donors (Lipinski definition) is 2. The van der Waals surface area contributed by atoms with Crippen molar-refractivity contribution < 1.29 is 13.5 Å². The van der Waals surface area contributed by atoms with Crippen LogP contribution in [0.2, 0.25) is 0 Å². The first kappa shape index (κ1) is 14.8. The minimum atomic E-state index is -3.58. The predicted molar refractivity (Wildman–Crippen MR) is 77.1 cm³/mol. The van der Waals surface area contributed by atoms with E-state index >= 15 is 0 Å². The highest BCUT2D eigenvalue weighted by Crippen LogP contribution is 2.35. The van der Waals surface area contributed by atoms with Crippen molar-refractivity contribution in [1.82, 2.24) is 4.31 Å². The monoisotopic (exact) mass is 348 g/mol. The van der Waals surface area contributed by atoms with Crippen LogP contribution in [0.4, 0.5) is 5.69 Å². The molecule has 7 heteroatoms. The number of hydrogen-bond acceptors (Lipinski definition) is 4. The largest absolute Gasteiger partial charge is 0.399 e. The van der Waals surface area contributed by atoms with Crippen molar-refractivity contribution in [2.45, 2.75) is 24.3 Å². The molecule has 1 aliphatic rings. The average molecular weight is 349 g/mol. The second-order valence-electron chi connectivity index (χ2n) is 5.22. The first-order chi connectivity index (χ1) is 8.67. The van der Waals surface area contributed by atoms with Gasteiger partial charge in [-0.1, -0.05) is 13.8 Å². The highest BCUT2D eigenvalue weighted by molar-refractivity contribution is 9.10. The van der Waals surface area contributed by atoms with Crippen LogP contribution in [0.15, 0.2) is 27.6 Å². The zero-order valence-electron chi connectivity index (χ0n) is 10.8.